The summed E-state index contributed by atoms with van der Waals surface area (Å²) >= 11 is -1.25. The minimum Gasteiger partial charge on any atom is -0.593 e. The second-order valence-electron chi connectivity index (χ2n) is 6.75. The summed E-state index contributed by atoms with van der Waals surface area (Å²) in [6, 6.07) is 21.5. The van der Waals surface area contributed by atoms with Gasteiger partial charge in [0.15, 0.2) is 10.9 Å². The maximum atomic E-state index is 12.7. The van der Waals surface area contributed by atoms with E-state index in [1.54, 1.807) is 12.4 Å². The van der Waals surface area contributed by atoms with Gasteiger partial charge in [0.25, 0.3) is 0 Å². The summed E-state index contributed by atoms with van der Waals surface area (Å²) < 4.78 is 15.9. The van der Waals surface area contributed by atoms with Crippen molar-refractivity contribution in [3.05, 3.63) is 79.1 Å². The fraction of sp³-hybridized carbons (Fsp3) is 0.217. The Morgan fingerprint density at radius 3 is 2.37 bits per heavy atom. The van der Waals surface area contributed by atoms with Crippen molar-refractivity contribution in [1.29, 1.82) is 5.41 Å². The Balaban J connectivity index is 1.34. The fourth-order valence-corrected chi connectivity index (χ4v) is 4.06. The third-order valence-electron chi connectivity index (χ3n) is 4.51. The summed E-state index contributed by atoms with van der Waals surface area (Å²) in [6.45, 7) is 1.40. The Morgan fingerprint density at radius 1 is 0.867 bits per heavy atom. The number of rotatable bonds is 10. The molecule has 0 aliphatic rings. The van der Waals surface area contributed by atoms with Crippen LogP contribution in [0.1, 0.15) is 19.3 Å². The first-order valence-electron chi connectivity index (χ1n) is 10.0. The minimum absolute atomic E-state index is 0.276. The number of hydrogen-bond acceptors (Lipinski definition) is 4. The lowest BCUT2D eigenvalue weighted by molar-refractivity contribution is 0.573. The zero-order chi connectivity index (χ0) is 21.0. The van der Waals surface area contributed by atoms with Crippen molar-refractivity contribution < 1.29 is 4.55 Å². The van der Waals surface area contributed by atoms with Crippen LogP contribution in [0.4, 0.5) is 5.69 Å². The van der Waals surface area contributed by atoms with E-state index in [4.69, 9.17) is 5.41 Å². The van der Waals surface area contributed by atoms with Crippen molar-refractivity contribution in [2.24, 2.45) is 0 Å². The van der Waals surface area contributed by atoms with Crippen LogP contribution >= 0.6 is 0 Å². The molecule has 0 aliphatic carbocycles. The SMILES string of the molecule is N=C(NCCCCCN[S+]([O-])c1ccccc1-c1ccccc1)Nc1ccncc1. The van der Waals surface area contributed by atoms with E-state index in [9.17, 15) is 4.55 Å². The van der Waals surface area contributed by atoms with E-state index >= 15 is 0 Å². The highest BCUT2D eigenvalue weighted by Gasteiger charge is 2.16. The Hall–Kier alpha value is -2.87. The Labute approximate surface area is 181 Å². The smallest absolute Gasteiger partial charge is 0.192 e. The van der Waals surface area contributed by atoms with Gasteiger partial charge in [0.05, 0.1) is 11.4 Å². The van der Waals surface area contributed by atoms with Crippen molar-refractivity contribution >= 4 is 23.0 Å². The van der Waals surface area contributed by atoms with Gasteiger partial charge in [-0.2, -0.15) is 0 Å². The van der Waals surface area contributed by atoms with Gasteiger partial charge in [-0.05, 0) is 42.7 Å². The van der Waals surface area contributed by atoms with Crippen LogP contribution in [-0.2, 0) is 11.4 Å². The van der Waals surface area contributed by atoms with E-state index in [0.717, 1.165) is 47.5 Å². The molecule has 4 N–H and O–H groups in total. The Morgan fingerprint density at radius 2 is 1.57 bits per heavy atom. The van der Waals surface area contributed by atoms with Gasteiger partial charge in [-0.3, -0.25) is 10.4 Å². The van der Waals surface area contributed by atoms with Crippen molar-refractivity contribution in [3.8, 4) is 11.1 Å². The molecule has 0 spiro atoms. The van der Waals surface area contributed by atoms with Crippen molar-refractivity contribution in [2.45, 2.75) is 24.2 Å². The molecule has 1 aromatic heterocycles. The van der Waals surface area contributed by atoms with Gasteiger partial charge >= 0.3 is 0 Å². The number of unbranched alkanes of at least 4 members (excludes halogenated alkanes) is 2. The molecule has 7 heteroatoms. The minimum atomic E-state index is -1.25. The molecule has 0 bridgehead atoms. The number of pyridine rings is 1. The third-order valence-corrected chi connectivity index (χ3v) is 5.73. The molecule has 156 valence electrons. The molecular formula is C23H27N5OS. The third kappa shape index (κ3) is 6.88. The Kier molecular flexibility index (Phi) is 8.71. The Bertz CT molecular complexity index is 908. The molecule has 2 aromatic carbocycles. The zero-order valence-corrected chi connectivity index (χ0v) is 17.6. The topological polar surface area (TPSA) is 95.9 Å². The molecule has 1 atom stereocenters. The maximum Gasteiger partial charge on any atom is 0.192 e. The highest BCUT2D eigenvalue weighted by Crippen LogP contribution is 2.26. The summed E-state index contributed by atoms with van der Waals surface area (Å²) in [7, 11) is 0. The molecule has 1 heterocycles. The van der Waals surface area contributed by atoms with Gasteiger partial charge in [-0.15, -0.1) is 4.72 Å². The van der Waals surface area contributed by atoms with Crippen LogP contribution in [0.2, 0.25) is 0 Å². The number of guanidine groups is 1. The summed E-state index contributed by atoms with van der Waals surface area (Å²) in [5, 5.41) is 13.9. The number of benzene rings is 2. The lowest BCUT2D eigenvalue weighted by atomic mass is 10.1. The standard InChI is InChI=1S/C23H27N5OS/c24-23(28-20-13-17-25-18-14-20)26-15-7-2-8-16-27-30(29)22-12-6-5-11-21(22)19-9-3-1-4-10-19/h1,3-6,9-14,17-18,27H,2,7-8,15-16H2,(H3,24,25,26,28). The summed E-state index contributed by atoms with van der Waals surface area (Å²) in [5.74, 6) is 0.276. The molecule has 1 unspecified atom stereocenters. The second kappa shape index (κ2) is 12.0. The molecule has 6 nitrogen and oxygen atoms in total. The van der Waals surface area contributed by atoms with Crippen LogP contribution in [0, 0.1) is 5.41 Å². The van der Waals surface area contributed by atoms with Crippen molar-refractivity contribution in [1.82, 2.24) is 15.0 Å². The normalized spacial score (nSPS) is 11.6. The van der Waals surface area contributed by atoms with Crippen molar-refractivity contribution in [2.75, 3.05) is 18.4 Å². The molecule has 0 saturated heterocycles. The largest absolute Gasteiger partial charge is 0.593 e. The monoisotopic (exact) mass is 421 g/mol. The molecule has 3 rings (SSSR count). The summed E-state index contributed by atoms with van der Waals surface area (Å²) in [5.41, 5.74) is 2.90. The molecule has 0 saturated carbocycles. The average Bonchev–Trinajstić information content (AvgIpc) is 2.79. The van der Waals surface area contributed by atoms with Crippen LogP contribution in [0.3, 0.4) is 0 Å². The average molecular weight is 422 g/mol. The predicted molar refractivity (Wildman–Crippen MR) is 124 cm³/mol. The van der Waals surface area contributed by atoms with E-state index < -0.39 is 11.4 Å². The lowest BCUT2D eigenvalue weighted by Gasteiger charge is -2.14. The van der Waals surface area contributed by atoms with Crippen molar-refractivity contribution in [3.63, 3.8) is 0 Å². The molecule has 30 heavy (non-hydrogen) atoms. The predicted octanol–water partition coefficient (Wildman–Crippen LogP) is 4.17. The van der Waals surface area contributed by atoms with Crippen LogP contribution in [0.5, 0.6) is 0 Å². The summed E-state index contributed by atoms with van der Waals surface area (Å²) in [6.07, 6.45) is 6.22. The van der Waals surface area contributed by atoms with Gasteiger partial charge in [0, 0.05) is 36.7 Å². The molecule has 0 radical (unpaired) electrons. The fourth-order valence-electron chi connectivity index (χ4n) is 2.99. The van der Waals surface area contributed by atoms with Crippen LogP contribution in [0.25, 0.3) is 11.1 Å². The highest BCUT2D eigenvalue weighted by atomic mass is 32.2. The molecule has 0 aliphatic heterocycles. The first-order chi connectivity index (χ1) is 14.7. The molecule has 3 aromatic rings. The number of nitrogens with zero attached hydrogens (tertiary/aromatic N) is 1. The van der Waals surface area contributed by atoms with E-state index in [2.05, 4.69) is 20.3 Å². The number of aromatic nitrogens is 1. The summed E-state index contributed by atoms with van der Waals surface area (Å²) in [4.78, 5) is 4.76. The number of hydrogen-bond donors (Lipinski definition) is 4. The van der Waals surface area contributed by atoms with E-state index in [1.165, 1.54) is 0 Å². The molecule has 0 amide bonds. The van der Waals surface area contributed by atoms with E-state index in [1.807, 2.05) is 66.7 Å². The lowest BCUT2D eigenvalue weighted by Crippen LogP contribution is -2.30. The first kappa shape index (κ1) is 21.8. The van der Waals surface area contributed by atoms with Gasteiger partial charge < -0.3 is 15.2 Å². The quantitative estimate of drug-likeness (QED) is 0.171. The highest BCUT2D eigenvalue weighted by molar-refractivity contribution is 7.89. The van der Waals surface area contributed by atoms with Gasteiger partial charge in [-0.1, -0.05) is 48.9 Å². The number of anilines is 1. The van der Waals surface area contributed by atoms with E-state index in [-0.39, 0.29) is 5.96 Å². The van der Waals surface area contributed by atoms with Crippen LogP contribution < -0.4 is 15.4 Å². The van der Waals surface area contributed by atoms with Crippen LogP contribution in [-0.4, -0.2) is 28.6 Å². The molecule has 0 fully saturated rings. The first-order valence-corrected chi connectivity index (χ1v) is 11.2. The second-order valence-corrected chi connectivity index (χ2v) is 8.01. The zero-order valence-electron chi connectivity index (χ0n) is 16.8. The number of nitrogens with one attached hydrogen (secondary N) is 4. The van der Waals surface area contributed by atoms with E-state index in [0.29, 0.717) is 6.54 Å². The molecular weight excluding hydrogens is 394 g/mol. The van der Waals surface area contributed by atoms with Gasteiger partial charge in [0.2, 0.25) is 0 Å². The van der Waals surface area contributed by atoms with Gasteiger partial charge in [-0.25, -0.2) is 0 Å². The van der Waals surface area contributed by atoms with Crippen LogP contribution in [0.15, 0.2) is 84.0 Å². The maximum absolute atomic E-state index is 12.7. The van der Waals surface area contributed by atoms with Gasteiger partial charge in [0.1, 0.15) is 0 Å².